The Labute approximate surface area is 310 Å². The number of nitrogens with two attached hydrogens (primary N) is 1. The molecule has 296 valence electrons. The number of anilines is 1. The zero-order valence-corrected chi connectivity index (χ0v) is 31.3. The van der Waals surface area contributed by atoms with Crippen LogP contribution in [0.15, 0.2) is 23.3 Å². The maximum Gasteiger partial charge on any atom is 0.351 e. The van der Waals surface area contributed by atoms with Crippen LogP contribution in [-0.2, 0) is 41.6 Å². The zero-order valence-electron chi connectivity index (χ0n) is 30.5. The Balaban J connectivity index is 1.40. The van der Waals surface area contributed by atoms with Gasteiger partial charge in [0.15, 0.2) is 6.10 Å². The normalized spacial score (nSPS) is 17.7. The Morgan fingerprint density at radius 3 is 2.42 bits per heavy atom. The lowest BCUT2D eigenvalue weighted by Crippen LogP contribution is -2.44. The minimum Gasteiger partial charge on any atom is -0.453 e. The summed E-state index contributed by atoms with van der Waals surface area (Å²) >= 11 is 1.80. The van der Waals surface area contributed by atoms with Gasteiger partial charge in [0.2, 0.25) is 23.9 Å². The monoisotopic (exact) mass is 771 g/mol. The van der Waals surface area contributed by atoms with Crippen LogP contribution >= 0.6 is 11.8 Å². The number of nitrogens with one attached hydrogen (secondary N) is 1. The summed E-state index contributed by atoms with van der Waals surface area (Å²) in [4.78, 5) is 69.0. The average Bonchev–Trinajstić information content (AvgIpc) is 3.69. The second kappa shape index (κ2) is 21.5. The van der Waals surface area contributed by atoms with E-state index in [1.54, 1.807) is 34.7 Å². The van der Waals surface area contributed by atoms with Gasteiger partial charge in [-0.3, -0.25) is 28.4 Å². The molecule has 2 aromatic heterocycles. The van der Waals surface area contributed by atoms with Crippen molar-refractivity contribution in [1.29, 1.82) is 0 Å². The van der Waals surface area contributed by atoms with Crippen LogP contribution in [0.3, 0.4) is 0 Å². The quantitative estimate of drug-likeness (QED) is 0.106. The Morgan fingerprint density at radius 1 is 1.08 bits per heavy atom. The number of amides is 3. The predicted octanol–water partition coefficient (Wildman–Crippen LogP) is 1.00. The summed E-state index contributed by atoms with van der Waals surface area (Å²) in [6, 6.07) is 1.13. The highest BCUT2D eigenvalue weighted by Gasteiger charge is 2.62. The third kappa shape index (κ3) is 13.0. The van der Waals surface area contributed by atoms with Gasteiger partial charge in [0.05, 0.1) is 25.3 Å². The first kappa shape index (κ1) is 43.2. The molecule has 3 atom stereocenters. The van der Waals surface area contributed by atoms with Gasteiger partial charge in [-0.1, -0.05) is 26.0 Å². The number of aliphatic hydroxyl groups is 1. The molecule has 0 aliphatic carbocycles. The Bertz CT molecular complexity index is 1560. The number of aliphatic hydroxyl groups excluding tert-OH is 1. The van der Waals surface area contributed by atoms with Gasteiger partial charge in [0.1, 0.15) is 11.9 Å². The van der Waals surface area contributed by atoms with Crippen molar-refractivity contribution in [2.24, 2.45) is 0 Å². The Hall–Kier alpha value is -4.17. The maximum absolute atomic E-state index is 15.3. The van der Waals surface area contributed by atoms with Crippen molar-refractivity contribution in [3.63, 3.8) is 0 Å². The van der Waals surface area contributed by atoms with Crippen molar-refractivity contribution in [2.45, 2.75) is 96.6 Å². The molecule has 1 aliphatic heterocycles. The fraction of sp³-hybridized carbons (Fsp3) is 0.697. The lowest BCUT2D eigenvalue weighted by atomic mass is 10.1. The number of nitrogen functional groups attached to an aromatic ring is 1. The van der Waals surface area contributed by atoms with E-state index in [1.165, 1.54) is 4.68 Å². The van der Waals surface area contributed by atoms with Crippen LogP contribution in [-0.4, -0.2) is 132 Å². The molecule has 17 nitrogen and oxygen atoms in total. The molecule has 0 bridgehead atoms. The highest BCUT2D eigenvalue weighted by Crippen LogP contribution is 2.44. The van der Waals surface area contributed by atoms with Gasteiger partial charge in [0.25, 0.3) is 0 Å². The van der Waals surface area contributed by atoms with Crippen LogP contribution in [0.1, 0.15) is 71.2 Å². The van der Waals surface area contributed by atoms with Crippen molar-refractivity contribution >= 4 is 41.3 Å². The number of carbonyl (C=O) groups is 4. The predicted molar refractivity (Wildman–Crippen MR) is 191 cm³/mol. The fourth-order valence-corrected chi connectivity index (χ4v) is 6.36. The summed E-state index contributed by atoms with van der Waals surface area (Å²) in [6.07, 6.45) is -0.949. The van der Waals surface area contributed by atoms with Crippen LogP contribution < -0.4 is 16.7 Å². The number of carbonyl (C=O) groups excluding carboxylic acids is 4. The summed E-state index contributed by atoms with van der Waals surface area (Å²) in [5.41, 5.74) is 4.88. The maximum atomic E-state index is 15.3. The van der Waals surface area contributed by atoms with E-state index in [0.29, 0.717) is 62.1 Å². The SMILES string of the molecule is CCCSCCN(CCN(CCNC(=O)CCCc1cn(CCC(=O)O[C@H]2[C@@H](CO)O[C@@H](n3ccc(N)nc3=O)C2(F)F)nn1)C(=O)CC)C(=O)CC. The van der Waals surface area contributed by atoms with E-state index in [1.807, 2.05) is 6.92 Å². The van der Waals surface area contributed by atoms with Gasteiger partial charge in [0, 0.05) is 70.1 Å². The van der Waals surface area contributed by atoms with Crippen LogP contribution in [0.25, 0.3) is 0 Å². The number of hydrogen-bond donors (Lipinski definition) is 3. The molecule has 53 heavy (non-hydrogen) atoms. The van der Waals surface area contributed by atoms with Crippen LogP contribution in [0.5, 0.6) is 0 Å². The molecule has 0 saturated carbocycles. The fourth-order valence-electron chi connectivity index (χ4n) is 5.51. The molecular formula is C33H51F2N9O8S. The van der Waals surface area contributed by atoms with E-state index in [0.717, 1.165) is 30.2 Å². The van der Waals surface area contributed by atoms with Crippen LogP contribution in [0, 0.1) is 0 Å². The van der Waals surface area contributed by atoms with Gasteiger partial charge in [-0.2, -0.15) is 25.5 Å². The van der Waals surface area contributed by atoms with E-state index in [2.05, 4.69) is 27.5 Å². The van der Waals surface area contributed by atoms with Gasteiger partial charge in [-0.25, -0.2) is 4.79 Å². The van der Waals surface area contributed by atoms with Gasteiger partial charge < -0.3 is 35.4 Å². The number of nitrogens with zero attached hydrogens (tertiary/aromatic N) is 7. The molecule has 0 aromatic carbocycles. The number of rotatable bonds is 23. The summed E-state index contributed by atoms with van der Waals surface area (Å²) in [7, 11) is 0. The average molecular weight is 772 g/mol. The number of aryl methyl sites for hydroxylation is 2. The minimum atomic E-state index is -3.88. The second-order valence-electron chi connectivity index (χ2n) is 12.3. The number of aromatic nitrogens is 5. The Morgan fingerprint density at radius 2 is 1.77 bits per heavy atom. The molecule has 3 heterocycles. The molecule has 0 spiro atoms. The molecule has 4 N–H and O–H groups in total. The van der Waals surface area contributed by atoms with E-state index >= 15 is 8.78 Å². The van der Waals surface area contributed by atoms with Gasteiger partial charge in [-0.05, 0) is 31.1 Å². The lowest BCUT2D eigenvalue weighted by Gasteiger charge is -2.28. The topological polar surface area (TPSA) is 217 Å². The second-order valence-corrected chi connectivity index (χ2v) is 13.6. The Kier molecular flexibility index (Phi) is 17.5. The van der Waals surface area contributed by atoms with Crippen molar-refractivity contribution < 1.29 is 42.5 Å². The molecule has 1 aliphatic rings. The molecule has 3 rings (SSSR count). The number of esters is 1. The number of alkyl halides is 2. The smallest absolute Gasteiger partial charge is 0.351 e. The number of thioether (sulfide) groups is 1. The zero-order chi connectivity index (χ0) is 39.0. The highest BCUT2D eigenvalue weighted by molar-refractivity contribution is 7.99. The van der Waals surface area contributed by atoms with Crippen molar-refractivity contribution in [3.05, 3.63) is 34.6 Å². The van der Waals surface area contributed by atoms with E-state index in [9.17, 15) is 29.1 Å². The minimum absolute atomic E-state index is 0.0458. The third-order valence-corrected chi connectivity index (χ3v) is 9.54. The lowest BCUT2D eigenvalue weighted by molar-refractivity contribution is -0.176. The number of ether oxygens (including phenoxy) is 2. The molecule has 1 fully saturated rings. The van der Waals surface area contributed by atoms with Gasteiger partial charge >= 0.3 is 17.6 Å². The molecule has 2 aromatic rings. The summed E-state index contributed by atoms with van der Waals surface area (Å²) in [5, 5.41) is 20.4. The first-order chi connectivity index (χ1) is 25.3. The molecule has 3 amide bonds. The number of hydrogen-bond acceptors (Lipinski definition) is 13. The standard InChI is InChI=1S/C33H51F2N9O8S/c1-4-19-53-20-18-42(28(48)6-3)17-16-41(27(47)5-2)15-12-37-26(46)9-7-8-23-21-43(40-39-23)13-11-29(49)52-30-24(22-45)51-31(33(30,34)35)44-14-10-25(36)38-32(44)50/h10,14,21,24,30-31,45H,4-9,11-13,15-20,22H2,1-3H3,(H,37,46)(H2,36,38,50)/t24-,30+,31-/m1/s1. The summed E-state index contributed by atoms with van der Waals surface area (Å²) in [5.74, 6) is -3.41. The van der Waals surface area contributed by atoms with Crippen LogP contribution in [0.2, 0.25) is 0 Å². The first-order valence-corrected chi connectivity index (χ1v) is 19.0. The molecule has 20 heteroatoms. The highest BCUT2D eigenvalue weighted by atomic mass is 32.2. The number of halogens is 2. The van der Waals surface area contributed by atoms with E-state index in [-0.39, 0.29) is 49.5 Å². The summed E-state index contributed by atoms with van der Waals surface area (Å²) in [6.45, 7) is 6.79. The molecular weight excluding hydrogens is 720 g/mol. The van der Waals surface area contributed by atoms with E-state index in [4.69, 9.17) is 15.2 Å². The first-order valence-electron chi connectivity index (χ1n) is 17.8. The van der Waals surface area contributed by atoms with Crippen LogP contribution in [0.4, 0.5) is 14.6 Å². The molecule has 0 radical (unpaired) electrons. The largest absolute Gasteiger partial charge is 0.453 e. The van der Waals surface area contributed by atoms with Crippen molar-refractivity contribution in [2.75, 3.05) is 56.6 Å². The summed E-state index contributed by atoms with van der Waals surface area (Å²) < 4.78 is 42.6. The van der Waals surface area contributed by atoms with Crippen molar-refractivity contribution in [1.82, 2.24) is 39.7 Å². The third-order valence-electron chi connectivity index (χ3n) is 8.37. The van der Waals surface area contributed by atoms with E-state index < -0.39 is 42.6 Å². The molecule has 1 saturated heterocycles. The molecule has 0 unspecified atom stereocenters. The van der Waals surface area contributed by atoms with Crippen molar-refractivity contribution in [3.8, 4) is 0 Å². The van der Waals surface area contributed by atoms with Gasteiger partial charge in [-0.15, -0.1) is 5.10 Å².